The van der Waals surface area contributed by atoms with Crippen molar-refractivity contribution >= 4 is 0 Å². The van der Waals surface area contributed by atoms with Gasteiger partial charge in [0.25, 0.3) is 0 Å². The van der Waals surface area contributed by atoms with Gasteiger partial charge in [-0.15, -0.1) is 0 Å². The van der Waals surface area contributed by atoms with Gasteiger partial charge in [-0.3, -0.25) is 4.90 Å². The average molecular weight is 203 g/mol. The van der Waals surface area contributed by atoms with Crippen LogP contribution < -0.4 is 0 Å². The molecule has 1 aliphatic heterocycles. The molecular formula is C14H21N. The summed E-state index contributed by atoms with van der Waals surface area (Å²) in [5.74, 6) is 0. The van der Waals surface area contributed by atoms with Crippen molar-refractivity contribution in [2.75, 3.05) is 13.1 Å². The summed E-state index contributed by atoms with van der Waals surface area (Å²) < 4.78 is 0. The van der Waals surface area contributed by atoms with Gasteiger partial charge in [-0.2, -0.15) is 0 Å². The van der Waals surface area contributed by atoms with Crippen molar-refractivity contribution in [3.8, 4) is 0 Å². The molecule has 1 nitrogen and oxygen atoms in total. The predicted octanol–water partition coefficient (Wildman–Crippen LogP) is 3.54. The number of hydrogen-bond donors (Lipinski definition) is 0. The summed E-state index contributed by atoms with van der Waals surface area (Å²) in [6, 6.07) is 9.57. The van der Waals surface area contributed by atoms with Crippen molar-refractivity contribution in [3.63, 3.8) is 0 Å². The minimum Gasteiger partial charge on any atom is -0.297 e. The second kappa shape index (κ2) is 4.80. The van der Waals surface area contributed by atoms with E-state index in [9.17, 15) is 0 Å². The van der Waals surface area contributed by atoms with E-state index in [1.165, 1.54) is 43.5 Å². The Morgan fingerprint density at radius 1 is 1.00 bits per heavy atom. The molecule has 2 rings (SSSR count). The maximum atomic E-state index is 2.61. The highest BCUT2D eigenvalue weighted by Gasteiger charge is 2.17. The van der Waals surface area contributed by atoms with Crippen LogP contribution in [0.4, 0.5) is 0 Å². The molecule has 0 N–H and O–H groups in total. The number of rotatable bonds is 2. The SMILES string of the molecule is Cc1ccc(C(C)N2CCCCC2)cc1. The van der Waals surface area contributed by atoms with Crippen LogP contribution >= 0.6 is 0 Å². The van der Waals surface area contributed by atoms with E-state index in [1.54, 1.807) is 0 Å². The summed E-state index contributed by atoms with van der Waals surface area (Å²) in [6.07, 6.45) is 4.16. The van der Waals surface area contributed by atoms with Gasteiger partial charge in [-0.25, -0.2) is 0 Å². The summed E-state index contributed by atoms with van der Waals surface area (Å²) in [4.78, 5) is 2.61. The van der Waals surface area contributed by atoms with Crippen LogP contribution in [0.2, 0.25) is 0 Å². The Balaban J connectivity index is 2.05. The third-order valence-corrected chi connectivity index (χ3v) is 3.50. The van der Waals surface area contributed by atoms with Crippen LogP contribution in [0.25, 0.3) is 0 Å². The van der Waals surface area contributed by atoms with Gasteiger partial charge < -0.3 is 0 Å². The fraction of sp³-hybridized carbons (Fsp3) is 0.571. The van der Waals surface area contributed by atoms with Gasteiger partial charge in [-0.05, 0) is 45.3 Å². The van der Waals surface area contributed by atoms with Gasteiger partial charge in [-0.1, -0.05) is 36.2 Å². The molecule has 1 aromatic carbocycles. The lowest BCUT2D eigenvalue weighted by Gasteiger charge is -2.32. The zero-order valence-electron chi connectivity index (χ0n) is 9.87. The molecule has 1 heterocycles. The summed E-state index contributed by atoms with van der Waals surface area (Å²) in [5.41, 5.74) is 2.81. The van der Waals surface area contributed by atoms with Crippen molar-refractivity contribution in [1.82, 2.24) is 4.90 Å². The molecule has 0 saturated carbocycles. The first-order chi connectivity index (χ1) is 7.27. The molecule has 0 bridgehead atoms. The fourth-order valence-electron chi connectivity index (χ4n) is 2.36. The first-order valence-electron chi connectivity index (χ1n) is 6.08. The van der Waals surface area contributed by atoms with Gasteiger partial charge in [0.1, 0.15) is 0 Å². The van der Waals surface area contributed by atoms with Gasteiger partial charge in [0, 0.05) is 6.04 Å². The van der Waals surface area contributed by atoms with Gasteiger partial charge in [0.2, 0.25) is 0 Å². The Bertz CT molecular complexity index is 296. The van der Waals surface area contributed by atoms with Crippen LogP contribution in [0.5, 0.6) is 0 Å². The quantitative estimate of drug-likeness (QED) is 0.710. The molecule has 1 unspecified atom stereocenters. The molecule has 0 radical (unpaired) electrons. The first kappa shape index (κ1) is 10.7. The normalized spacial score (nSPS) is 20.1. The molecule has 1 aromatic rings. The lowest BCUT2D eigenvalue weighted by Crippen LogP contribution is -2.32. The zero-order chi connectivity index (χ0) is 10.7. The highest BCUT2D eigenvalue weighted by molar-refractivity contribution is 5.23. The lowest BCUT2D eigenvalue weighted by atomic mass is 10.0. The van der Waals surface area contributed by atoms with E-state index in [4.69, 9.17) is 0 Å². The molecule has 15 heavy (non-hydrogen) atoms. The Hall–Kier alpha value is -0.820. The Labute approximate surface area is 93.1 Å². The number of piperidine rings is 1. The third-order valence-electron chi connectivity index (χ3n) is 3.50. The smallest absolute Gasteiger partial charge is 0.0319 e. The summed E-state index contributed by atoms with van der Waals surface area (Å²) in [7, 11) is 0. The van der Waals surface area contributed by atoms with E-state index in [2.05, 4.69) is 43.0 Å². The Morgan fingerprint density at radius 2 is 1.60 bits per heavy atom. The topological polar surface area (TPSA) is 3.24 Å². The minimum atomic E-state index is 0.589. The van der Waals surface area contributed by atoms with Gasteiger partial charge >= 0.3 is 0 Å². The maximum absolute atomic E-state index is 2.61. The Kier molecular flexibility index (Phi) is 3.42. The predicted molar refractivity (Wildman–Crippen MR) is 65.0 cm³/mol. The summed E-state index contributed by atoms with van der Waals surface area (Å²) >= 11 is 0. The number of benzene rings is 1. The van der Waals surface area contributed by atoms with Crippen molar-refractivity contribution in [3.05, 3.63) is 35.4 Å². The van der Waals surface area contributed by atoms with Crippen LogP contribution in [0.1, 0.15) is 43.4 Å². The summed E-state index contributed by atoms with van der Waals surface area (Å²) in [6.45, 7) is 7.02. The largest absolute Gasteiger partial charge is 0.297 e. The van der Waals surface area contributed by atoms with Crippen LogP contribution in [0.15, 0.2) is 24.3 Å². The molecule has 0 spiro atoms. The lowest BCUT2D eigenvalue weighted by molar-refractivity contribution is 0.175. The zero-order valence-corrected chi connectivity index (χ0v) is 9.87. The molecule has 1 atom stereocenters. The van der Waals surface area contributed by atoms with Crippen molar-refractivity contribution < 1.29 is 0 Å². The average Bonchev–Trinajstić information content (AvgIpc) is 2.30. The van der Waals surface area contributed by atoms with E-state index in [1.807, 2.05) is 0 Å². The van der Waals surface area contributed by atoms with E-state index in [0.717, 1.165) is 0 Å². The van der Waals surface area contributed by atoms with Crippen LogP contribution in [-0.4, -0.2) is 18.0 Å². The summed E-state index contributed by atoms with van der Waals surface area (Å²) in [5, 5.41) is 0. The second-order valence-corrected chi connectivity index (χ2v) is 4.68. The number of likely N-dealkylation sites (tertiary alicyclic amines) is 1. The molecule has 1 aliphatic rings. The van der Waals surface area contributed by atoms with Crippen LogP contribution in [0.3, 0.4) is 0 Å². The highest BCUT2D eigenvalue weighted by atomic mass is 15.2. The minimum absolute atomic E-state index is 0.589. The maximum Gasteiger partial charge on any atom is 0.0319 e. The van der Waals surface area contributed by atoms with Crippen molar-refractivity contribution in [2.24, 2.45) is 0 Å². The molecule has 1 saturated heterocycles. The van der Waals surface area contributed by atoms with Gasteiger partial charge in [0.15, 0.2) is 0 Å². The molecule has 0 amide bonds. The highest BCUT2D eigenvalue weighted by Crippen LogP contribution is 2.23. The second-order valence-electron chi connectivity index (χ2n) is 4.68. The van der Waals surface area contributed by atoms with Crippen molar-refractivity contribution in [2.45, 2.75) is 39.2 Å². The monoisotopic (exact) mass is 203 g/mol. The molecule has 82 valence electrons. The van der Waals surface area contributed by atoms with Crippen molar-refractivity contribution in [1.29, 1.82) is 0 Å². The first-order valence-corrected chi connectivity index (χ1v) is 6.08. The van der Waals surface area contributed by atoms with E-state index in [0.29, 0.717) is 6.04 Å². The molecular weight excluding hydrogens is 182 g/mol. The molecule has 1 heteroatoms. The molecule has 1 fully saturated rings. The number of hydrogen-bond acceptors (Lipinski definition) is 1. The Morgan fingerprint density at radius 3 is 2.20 bits per heavy atom. The van der Waals surface area contributed by atoms with Gasteiger partial charge in [0.05, 0.1) is 0 Å². The molecule has 0 aliphatic carbocycles. The number of nitrogens with zero attached hydrogens (tertiary/aromatic N) is 1. The fourth-order valence-corrected chi connectivity index (χ4v) is 2.36. The van der Waals surface area contributed by atoms with Crippen LogP contribution in [0, 0.1) is 6.92 Å². The van der Waals surface area contributed by atoms with E-state index < -0.39 is 0 Å². The van der Waals surface area contributed by atoms with E-state index >= 15 is 0 Å². The number of aryl methyl sites for hydroxylation is 1. The van der Waals surface area contributed by atoms with Crippen LogP contribution in [-0.2, 0) is 0 Å². The third kappa shape index (κ3) is 2.60. The van der Waals surface area contributed by atoms with E-state index in [-0.39, 0.29) is 0 Å². The molecule has 0 aromatic heterocycles. The standard InChI is InChI=1S/C14H21N/c1-12-6-8-14(9-7-12)13(2)15-10-4-3-5-11-15/h6-9,13H,3-5,10-11H2,1-2H3.